The first-order valence-corrected chi connectivity index (χ1v) is 7.02. The fourth-order valence-corrected chi connectivity index (χ4v) is 2.43. The third-order valence-corrected chi connectivity index (χ3v) is 3.77. The molecule has 1 rings (SSSR count). The summed E-state index contributed by atoms with van der Waals surface area (Å²) in [4.78, 5) is 0. The van der Waals surface area contributed by atoms with Crippen LogP contribution in [-0.2, 0) is 6.18 Å². The lowest BCUT2D eigenvalue weighted by Crippen LogP contribution is -2.25. The van der Waals surface area contributed by atoms with Gasteiger partial charge >= 0.3 is 6.18 Å². The van der Waals surface area contributed by atoms with E-state index in [4.69, 9.17) is 16.2 Å². The highest BCUT2D eigenvalue weighted by Crippen LogP contribution is 2.38. The lowest BCUT2D eigenvalue weighted by molar-refractivity contribution is -0.137. The van der Waals surface area contributed by atoms with E-state index in [1.165, 1.54) is 19.2 Å². The second-order valence-electron chi connectivity index (χ2n) is 5.13. The highest BCUT2D eigenvalue weighted by molar-refractivity contribution is 5.40. The summed E-state index contributed by atoms with van der Waals surface area (Å²) in [6.07, 6.45) is -3.00. The molecule has 0 aliphatic heterocycles. The zero-order valence-electron chi connectivity index (χ0n) is 12.4. The van der Waals surface area contributed by atoms with E-state index in [0.717, 1.165) is 6.07 Å². The van der Waals surface area contributed by atoms with Crippen molar-refractivity contribution in [3.05, 3.63) is 29.3 Å². The molecule has 0 fully saturated rings. The van der Waals surface area contributed by atoms with E-state index in [2.05, 4.69) is 0 Å². The molecule has 0 aliphatic rings. The second-order valence-corrected chi connectivity index (χ2v) is 5.13. The Kier molecular flexibility index (Phi) is 6.48. The van der Waals surface area contributed by atoms with Crippen LogP contribution in [0.3, 0.4) is 0 Å². The van der Waals surface area contributed by atoms with Crippen molar-refractivity contribution in [1.82, 2.24) is 0 Å². The molecule has 0 radical (unpaired) electrons. The molecule has 1 aromatic carbocycles. The molecule has 21 heavy (non-hydrogen) atoms. The van der Waals surface area contributed by atoms with E-state index < -0.39 is 11.7 Å². The zero-order chi connectivity index (χ0) is 16.0. The Morgan fingerprint density at radius 2 is 1.81 bits per heavy atom. The molecule has 1 atom stereocenters. The SMILES string of the molecule is CCC(CC(CN)CN)c1cc(C(F)(F)F)ccc1OC. The van der Waals surface area contributed by atoms with Gasteiger partial charge in [0.2, 0.25) is 0 Å². The van der Waals surface area contributed by atoms with Crippen LogP contribution in [0.2, 0.25) is 0 Å². The van der Waals surface area contributed by atoms with Crippen molar-refractivity contribution < 1.29 is 17.9 Å². The standard InChI is InChI=1S/C15H23F3N2O/c1-3-11(6-10(8-19)9-20)13-7-12(15(16,17)18)4-5-14(13)21-2/h4-5,7,10-11H,3,6,8-9,19-20H2,1-2H3. The van der Waals surface area contributed by atoms with Gasteiger partial charge < -0.3 is 16.2 Å². The van der Waals surface area contributed by atoms with E-state index >= 15 is 0 Å². The summed E-state index contributed by atoms with van der Waals surface area (Å²) in [6, 6.07) is 3.59. The number of ether oxygens (including phenoxy) is 1. The Morgan fingerprint density at radius 1 is 1.19 bits per heavy atom. The zero-order valence-corrected chi connectivity index (χ0v) is 12.4. The van der Waals surface area contributed by atoms with Gasteiger partial charge in [-0.3, -0.25) is 0 Å². The largest absolute Gasteiger partial charge is 0.496 e. The smallest absolute Gasteiger partial charge is 0.416 e. The van der Waals surface area contributed by atoms with Gasteiger partial charge in [-0.15, -0.1) is 0 Å². The number of methoxy groups -OCH3 is 1. The molecule has 0 saturated heterocycles. The number of rotatable bonds is 7. The summed E-state index contributed by atoms with van der Waals surface area (Å²) >= 11 is 0. The molecule has 120 valence electrons. The van der Waals surface area contributed by atoms with Crippen molar-refractivity contribution in [3.8, 4) is 5.75 Å². The topological polar surface area (TPSA) is 61.3 Å². The fraction of sp³-hybridized carbons (Fsp3) is 0.600. The van der Waals surface area contributed by atoms with E-state index in [-0.39, 0.29) is 11.8 Å². The molecule has 1 unspecified atom stereocenters. The van der Waals surface area contributed by atoms with E-state index in [1.807, 2.05) is 6.92 Å². The summed E-state index contributed by atoms with van der Waals surface area (Å²) in [5.74, 6) is 0.510. The maximum Gasteiger partial charge on any atom is 0.416 e. The van der Waals surface area contributed by atoms with Gasteiger partial charge in [-0.2, -0.15) is 13.2 Å². The van der Waals surface area contributed by atoms with Gasteiger partial charge in [-0.25, -0.2) is 0 Å². The van der Waals surface area contributed by atoms with Crippen LogP contribution in [0.1, 0.15) is 36.8 Å². The van der Waals surface area contributed by atoms with Crippen molar-refractivity contribution in [3.63, 3.8) is 0 Å². The second kappa shape index (κ2) is 7.66. The van der Waals surface area contributed by atoms with E-state index in [0.29, 0.717) is 37.2 Å². The molecular weight excluding hydrogens is 281 g/mol. The predicted octanol–water partition coefficient (Wildman–Crippen LogP) is 3.13. The molecule has 0 heterocycles. The average Bonchev–Trinajstić information content (AvgIpc) is 2.47. The quantitative estimate of drug-likeness (QED) is 0.813. The van der Waals surface area contributed by atoms with Crippen molar-refractivity contribution in [2.24, 2.45) is 17.4 Å². The van der Waals surface area contributed by atoms with Crippen molar-refractivity contribution in [2.75, 3.05) is 20.2 Å². The van der Waals surface area contributed by atoms with Crippen LogP contribution in [0, 0.1) is 5.92 Å². The van der Waals surface area contributed by atoms with Crippen molar-refractivity contribution in [2.45, 2.75) is 31.9 Å². The minimum absolute atomic E-state index is 0.0562. The number of hydrogen-bond acceptors (Lipinski definition) is 3. The monoisotopic (exact) mass is 304 g/mol. The van der Waals surface area contributed by atoms with Crippen LogP contribution < -0.4 is 16.2 Å². The van der Waals surface area contributed by atoms with E-state index in [1.54, 1.807) is 0 Å². The summed E-state index contributed by atoms with van der Waals surface area (Å²) in [5.41, 5.74) is 11.2. The van der Waals surface area contributed by atoms with Gasteiger partial charge in [0.05, 0.1) is 12.7 Å². The Bertz CT molecular complexity index is 445. The highest BCUT2D eigenvalue weighted by Gasteiger charge is 2.32. The molecule has 6 heteroatoms. The van der Waals surface area contributed by atoms with Crippen LogP contribution in [0.5, 0.6) is 5.75 Å². The van der Waals surface area contributed by atoms with Gasteiger partial charge in [0, 0.05) is 0 Å². The summed E-state index contributed by atoms with van der Waals surface area (Å²) in [5, 5.41) is 0. The predicted molar refractivity (Wildman–Crippen MR) is 77.2 cm³/mol. The third kappa shape index (κ3) is 4.61. The fourth-order valence-electron chi connectivity index (χ4n) is 2.43. The third-order valence-electron chi connectivity index (χ3n) is 3.77. The number of benzene rings is 1. The van der Waals surface area contributed by atoms with Crippen LogP contribution in [0.4, 0.5) is 13.2 Å². The number of nitrogens with two attached hydrogens (primary N) is 2. The Balaban J connectivity index is 3.16. The van der Waals surface area contributed by atoms with Gasteiger partial charge in [0.25, 0.3) is 0 Å². The van der Waals surface area contributed by atoms with Gasteiger partial charge in [0.15, 0.2) is 0 Å². The first-order chi connectivity index (χ1) is 9.87. The number of hydrogen-bond donors (Lipinski definition) is 2. The number of alkyl halides is 3. The van der Waals surface area contributed by atoms with Crippen molar-refractivity contribution >= 4 is 0 Å². The summed E-state index contributed by atoms with van der Waals surface area (Å²) in [7, 11) is 1.46. The molecule has 0 spiro atoms. The molecule has 4 N–H and O–H groups in total. The molecule has 0 amide bonds. The maximum atomic E-state index is 12.9. The molecule has 0 bridgehead atoms. The molecular formula is C15H23F3N2O. The minimum atomic E-state index is -4.36. The average molecular weight is 304 g/mol. The lowest BCUT2D eigenvalue weighted by Gasteiger charge is -2.23. The number of halogens is 3. The maximum absolute atomic E-state index is 12.9. The molecule has 3 nitrogen and oxygen atoms in total. The summed E-state index contributed by atoms with van der Waals surface area (Å²) in [6.45, 7) is 2.79. The van der Waals surface area contributed by atoms with Crippen LogP contribution in [0.15, 0.2) is 18.2 Å². The van der Waals surface area contributed by atoms with Crippen molar-refractivity contribution in [1.29, 1.82) is 0 Å². The van der Waals surface area contributed by atoms with Gasteiger partial charge in [0.1, 0.15) is 5.75 Å². The molecule has 1 aromatic rings. The lowest BCUT2D eigenvalue weighted by atomic mass is 9.85. The molecule has 0 saturated carbocycles. The van der Waals surface area contributed by atoms with Gasteiger partial charge in [-0.05, 0) is 61.5 Å². The first-order valence-electron chi connectivity index (χ1n) is 7.02. The van der Waals surface area contributed by atoms with E-state index in [9.17, 15) is 13.2 Å². The Morgan fingerprint density at radius 3 is 2.24 bits per heavy atom. The summed E-state index contributed by atoms with van der Waals surface area (Å²) < 4.78 is 43.9. The van der Waals surface area contributed by atoms with Crippen LogP contribution in [0.25, 0.3) is 0 Å². The van der Waals surface area contributed by atoms with Crippen LogP contribution >= 0.6 is 0 Å². The normalized spacial score (nSPS) is 13.5. The first kappa shape index (κ1) is 17.8. The van der Waals surface area contributed by atoms with Crippen LogP contribution in [-0.4, -0.2) is 20.2 Å². The Labute approximate surface area is 123 Å². The highest BCUT2D eigenvalue weighted by atomic mass is 19.4. The molecule has 0 aliphatic carbocycles. The van der Waals surface area contributed by atoms with Gasteiger partial charge in [-0.1, -0.05) is 6.92 Å². The Hall–Kier alpha value is -1.27. The minimum Gasteiger partial charge on any atom is -0.496 e. The molecule has 0 aromatic heterocycles.